The number of ether oxygens (including phenoxy) is 1. The highest BCUT2D eigenvalue weighted by Gasteiger charge is 2.08. The van der Waals surface area contributed by atoms with Gasteiger partial charge in [0.05, 0.1) is 12.3 Å². The minimum Gasteiger partial charge on any atom is -0.492 e. The third kappa shape index (κ3) is 4.58. The Morgan fingerprint density at radius 2 is 1.91 bits per heavy atom. The quantitative estimate of drug-likeness (QED) is 0.872. The molecule has 0 aliphatic heterocycles. The van der Waals surface area contributed by atoms with Gasteiger partial charge in [0.15, 0.2) is 0 Å². The van der Waals surface area contributed by atoms with E-state index < -0.39 is 0 Å². The van der Waals surface area contributed by atoms with Crippen LogP contribution in [0.5, 0.6) is 5.75 Å². The Morgan fingerprint density at radius 3 is 2.59 bits per heavy atom. The number of benzene rings is 2. The monoisotopic (exact) mass is 301 g/mol. The first-order chi connectivity index (χ1) is 10.6. The first kappa shape index (κ1) is 16.0. The van der Waals surface area contributed by atoms with Gasteiger partial charge in [0.25, 0.3) is 0 Å². The Kier molecular flexibility index (Phi) is 5.53. The summed E-state index contributed by atoms with van der Waals surface area (Å²) in [6.45, 7) is 4.42. The first-order valence-electron chi connectivity index (χ1n) is 7.36. The second-order valence-electron chi connectivity index (χ2n) is 5.11. The second kappa shape index (κ2) is 7.59. The Bertz CT molecular complexity index is 638. The Hall–Kier alpha value is -2.36. The fraction of sp³-hybridized carbons (Fsp3) is 0.278. The smallest absolute Gasteiger partial charge is 0.224 e. The number of amides is 1. The third-order valence-electron chi connectivity index (χ3n) is 3.27. The van der Waals surface area contributed by atoms with E-state index in [0.29, 0.717) is 30.9 Å². The van der Waals surface area contributed by atoms with Gasteiger partial charge in [-0.25, -0.2) is 4.39 Å². The molecule has 0 aliphatic rings. The molecule has 0 bridgehead atoms. The van der Waals surface area contributed by atoms with Gasteiger partial charge >= 0.3 is 0 Å². The molecule has 2 rings (SSSR count). The summed E-state index contributed by atoms with van der Waals surface area (Å²) in [7, 11) is 0. The van der Waals surface area contributed by atoms with Crippen molar-refractivity contribution in [3.8, 4) is 5.75 Å². The van der Waals surface area contributed by atoms with Gasteiger partial charge in [-0.2, -0.15) is 0 Å². The van der Waals surface area contributed by atoms with Gasteiger partial charge in [-0.1, -0.05) is 18.2 Å². The Balaban J connectivity index is 1.95. The summed E-state index contributed by atoms with van der Waals surface area (Å²) in [6.07, 6.45) is 0.910. The summed E-state index contributed by atoms with van der Waals surface area (Å²) in [4.78, 5) is 12.1. The first-order valence-corrected chi connectivity index (χ1v) is 7.36. The number of rotatable bonds is 6. The zero-order valence-electron chi connectivity index (χ0n) is 12.9. The van der Waals surface area contributed by atoms with Crippen LogP contribution in [0, 0.1) is 12.7 Å². The lowest BCUT2D eigenvalue weighted by molar-refractivity contribution is -0.116. The maximum Gasteiger partial charge on any atom is 0.224 e. The van der Waals surface area contributed by atoms with Gasteiger partial charge in [-0.05, 0) is 55.7 Å². The number of aryl methyl sites for hydroxylation is 2. The van der Waals surface area contributed by atoms with Crippen LogP contribution in [0.2, 0.25) is 0 Å². The van der Waals surface area contributed by atoms with Crippen LogP contribution >= 0.6 is 0 Å². The molecule has 0 saturated carbocycles. The number of anilines is 1. The van der Waals surface area contributed by atoms with Crippen molar-refractivity contribution in [2.24, 2.45) is 0 Å². The van der Waals surface area contributed by atoms with Crippen molar-refractivity contribution < 1.29 is 13.9 Å². The summed E-state index contributed by atoms with van der Waals surface area (Å²) in [5, 5.41) is 2.87. The molecule has 0 radical (unpaired) electrons. The van der Waals surface area contributed by atoms with E-state index in [1.165, 1.54) is 12.1 Å². The zero-order valence-corrected chi connectivity index (χ0v) is 12.9. The molecule has 0 aliphatic carbocycles. The van der Waals surface area contributed by atoms with Crippen molar-refractivity contribution in [3.63, 3.8) is 0 Å². The van der Waals surface area contributed by atoms with Crippen molar-refractivity contribution in [2.45, 2.75) is 26.7 Å². The summed E-state index contributed by atoms with van der Waals surface area (Å²) < 4.78 is 18.4. The second-order valence-corrected chi connectivity index (χ2v) is 5.11. The van der Waals surface area contributed by atoms with E-state index in [0.717, 1.165) is 11.1 Å². The maximum atomic E-state index is 12.8. The van der Waals surface area contributed by atoms with Crippen molar-refractivity contribution in [1.82, 2.24) is 0 Å². The molecule has 22 heavy (non-hydrogen) atoms. The van der Waals surface area contributed by atoms with E-state index in [2.05, 4.69) is 5.32 Å². The fourth-order valence-corrected chi connectivity index (χ4v) is 2.13. The number of hydrogen-bond acceptors (Lipinski definition) is 2. The molecule has 2 aromatic carbocycles. The molecule has 4 heteroatoms. The summed E-state index contributed by atoms with van der Waals surface area (Å²) in [6, 6.07) is 11.9. The summed E-state index contributed by atoms with van der Waals surface area (Å²) in [5.74, 6) is 0.320. The number of nitrogens with one attached hydrogen (secondary N) is 1. The van der Waals surface area contributed by atoms with Crippen LogP contribution in [0.15, 0.2) is 42.5 Å². The van der Waals surface area contributed by atoms with E-state index in [4.69, 9.17) is 4.74 Å². The maximum absolute atomic E-state index is 12.8. The highest BCUT2D eigenvalue weighted by Crippen LogP contribution is 2.26. The van der Waals surface area contributed by atoms with E-state index in [9.17, 15) is 9.18 Å². The van der Waals surface area contributed by atoms with Crippen molar-refractivity contribution in [1.29, 1.82) is 0 Å². The minimum atomic E-state index is -0.269. The van der Waals surface area contributed by atoms with Gasteiger partial charge in [-0.3, -0.25) is 4.79 Å². The lowest BCUT2D eigenvalue weighted by Crippen LogP contribution is -2.13. The van der Waals surface area contributed by atoms with Gasteiger partial charge in [0, 0.05) is 6.42 Å². The highest BCUT2D eigenvalue weighted by molar-refractivity contribution is 5.92. The van der Waals surface area contributed by atoms with Gasteiger partial charge in [0.2, 0.25) is 5.91 Å². The van der Waals surface area contributed by atoms with Crippen LogP contribution in [0.4, 0.5) is 10.1 Å². The van der Waals surface area contributed by atoms with Gasteiger partial charge < -0.3 is 10.1 Å². The van der Waals surface area contributed by atoms with Crippen LogP contribution in [-0.2, 0) is 11.2 Å². The molecule has 0 atom stereocenters. The molecule has 116 valence electrons. The molecule has 0 unspecified atom stereocenters. The van der Waals surface area contributed by atoms with Crippen molar-refractivity contribution >= 4 is 11.6 Å². The zero-order chi connectivity index (χ0) is 15.9. The van der Waals surface area contributed by atoms with Crippen LogP contribution in [0.1, 0.15) is 24.5 Å². The lowest BCUT2D eigenvalue weighted by atomic mass is 10.1. The molecule has 0 saturated heterocycles. The van der Waals surface area contributed by atoms with Gasteiger partial charge in [-0.15, -0.1) is 0 Å². The topological polar surface area (TPSA) is 38.3 Å². The predicted molar refractivity (Wildman–Crippen MR) is 85.7 cm³/mol. The van der Waals surface area contributed by atoms with Crippen LogP contribution < -0.4 is 10.1 Å². The van der Waals surface area contributed by atoms with Crippen molar-refractivity contribution in [2.75, 3.05) is 11.9 Å². The summed E-state index contributed by atoms with van der Waals surface area (Å²) >= 11 is 0. The number of hydrogen-bond donors (Lipinski definition) is 1. The molecule has 2 aromatic rings. The molecule has 0 aromatic heterocycles. The number of halogens is 1. The summed E-state index contributed by atoms with van der Waals surface area (Å²) in [5.41, 5.74) is 2.69. The van der Waals surface area contributed by atoms with E-state index in [1.54, 1.807) is 12.1 Å². The lowest BCUT2D eigenvalue weighted by Gasteiger charge is -2.12. The SMILES string of the molecule is CCOc1cc(C)ccc1NC(=O)CCc1ccc(F)cc1. The molecule has 1 N–H and O–H groups in total. The fourth-order valence-electron chi connectivity index (χ4n) is 2.13. The largest absolute Gasteiger partial charge is 0.492 e. The molecule has 0 spiro atoms. The van der Waals surface area contributed by atoms with Crippen molar-refractivity contribution in [3.05, 3.63) is 59.4 Å². The molecule has 1 amide bonds. The standard InChI is InChI=1S/C18H20FNO2/c1-3-22-17-12-13(2)4-10-16(17)20-18(21)11-7-14-5-8-15(19)9-6-14/h4-6,8-10,12H,3,7,11H2,1-2H3,(H,20,21). The molecule has 3 nitrogen and oxygen atoms in total. The minimum absolute atomic E-state index is 0.0888. The average molecular weight is 301 g/mol. The normalized spacial score (nSPS) is 10.3. The van der Waals surface area contributed by atoms with Gasteiger partial charge in [0.1, 0.15) is 11.6 Å². The molecule has 0 heterocycles. The third-order valence-corrected chi connectivity index (χ3v) is 3.27. The van der Waals surface area contributed by atoms with Crippen LogP contribution in [0.3, 0.4) is 0 Å². The highest BCUT2D eigenvalue weighted by atomic mass is 19.1. The molecular weight excluding hydrogens is 281 g/mol. The Morgan fingerprint density at radius 1 is 1.18 bits per heavy atom. The number of carbonyl (C=O) groups excluding carboxylic acids is 1. The Labute approximate surface area is 130 Å². The van der Waals surface area contributed by atoms with E-state index in [1.807, 2.05) is 32.0 Å². The van der Waals surface area contributed by atoms with E-state index in [-0.39, 0.29) is 11.7 Å². The molecular formula is C18H20FNO2. The van der Waals surface area contributed by atoms with Crippen LogP contribution in [0.25, 0.3) is 0 Å². The van der Waals surface area contributed by atoms with E-state index >= 15 is 0 Å². The molecule has 0 fully saturated rings. The number of carbonyl (C=O) groups is 1. The predicted octanol–water partition coefficient (Wildman–Crippen LogP) is 4.10. The van der Waals surface area contributed by atoms with Crippen LogP contribution in [-0.4, -0.2) is 12.5 Å². The average Bonchev–Trinajstić information content (AvgIpc) is 2.50.